The molecule has 0 aliphatic carbocycles. The van der Waals surface area contributed by atoms with E-state index in [2.05, 4.69) is 11.9 Å². The van der Waals surface area contributed by atoms with Gasteiger partial charge in [-0.2, -0.15) is 0 Å². The van der Waals surface area contributed by atoms with Crippen LogP contribution in [-0.2, 0) is 4.74 Å². The van der Waals surface area contributed by atoms with E-state index in [1.165, 1.54) is 0 Å². The molecule has 0 aromatic carbocycles. The fourth-order valence-electron chi connectivity index (χ4n) is 2.14. The molecule has 0 radical (unpaired) electrons. The molecule has 19 heavy (non-hydrogen) atoms. The molecule has 0 spiro atoms. The SMILES string of the molecule is CC1COC1COc1ccc(N2CC(F)(F)C2)cn1. The van der Waals surface area contributed by atoms with Gasteiger partial charge in [-0.05, 0) is 6.07 Å². The van der Waals surface area contributed by atoms with E-state index in [9.17, 15) is 8.78 Å². The van der Waals surface area contributed by atoms with E-state index in [4.69, 9.17) is 9.47 Å². The van der Waals surface area contributed by atoms with Crippen molar-refractivity contribution in [2.24, 2.45) is 5.92 Å². The Hall–Kier alpha value is -1.43. The lowest BCUT2D eigenvalue weighted by atomic mass is 10.0. The predicted octanol–water partition coefficient (Wildman–Crippen LogP) is 1.95. The number of nitrogens with zero attached hydrogens (tertiary/aromatic N) is 2. The molecule has 4 nitrogen and oxygen atoms in total. The van der Waals surface area contributed by atoms with Crippen molar-refractivity contribution in [1.29, 1.82) is 0 Å². The molecule has 2 aliphatic rings. The van der Waals surface area contributed by atoms with Gasteiger partial charge in [0.1, 0.15) is 6.61 Å². The summed E-state index contributed by atoms with van der Waals surface area (Å²) in [6, 6.07) is 3.46. The van der Waals surface area contributed by atoms with Crippen LogP contribution in [0.5, 0.6) is 5.88 Å². The van der Waals surface area contributed by atoms with Crippen LogP contribution in [0, 0.1) is 5.92 Å². The van der Waals surface area contributed by atoms with Gasteiger partial charge in [0.05, 0.1) is 37.7 Å². The van der Waals surface area contributed by atoms with Crippen LogP contribution in [0.25, 0.3) is 0 Å². The molecule has 2 atom stereocenters. The van der Waals surface area contributed by atoms with E-state index in [0.717, 1.165) is 6.61 Å². The van der Waals surface area contributed by atoms with Crippen molar-refractivity contribution in [2.45, 2.75) is 19.0 Å². The van der Waals surface area contributed by atoms with Gasteiger partial charge in [0.25, 0.3) is 5.92 Å². The van der Waals surface area contributed by atoms with Gasteiger partial charge < -0.3 is 14.4 Å². The molecule has 0 bridgehead atoms. The number of hydrogen-bond acceptors (Lipinski definition) is 4. The van der Waals surface area contributed by atoms with Crippen molar-refractivity contribution in [3.8, 4) is 5.88 Å². The van der Waals surface area contributed by atoms with Crippen LogP contribution in [0.4, 0.5) is 14.5 Å². The smallest absolute Gasteiger partial charge is 0.282 e. The van der Waals surface area contributed by atoms with Gasteiger partial charge in [-0.1, -0.05) is 6.92 Å². The average Bonchev–Trinajstić information content (AvgIpc) is 2.35. The van der Waals surface area contributed by atoms with E-state index in [0.29, 0.717) is 24.1 Å². The highest BCUT2D eigenvalue weighted by atomic mass is 19.3. The molecule has 0 saturated carbocycles. The highest BCUT2D eigenvalue weighted by Gasteiger charge is 2.44. The summed E-state index contributed by atoms with van der Waals surface area (Å²) in [7, 11) is 0. The van der Waals surface area contributed by atoms with Crippen LogP contribution in [0.2, 0.25) is 0 Å². The zero-order chi connectivity index (χ0) is 13.5. The van der Waals surface area contributed by atoms with Crippen LogP contribution in [0.3, 0.4) is 0 Å². The highest BCUT2D eigenvalue weighted by molar-refractivity contribution is 5.49. The van der Waals surface area contributed by atoms with E-state index < -0.39 is 5.92 Å². The molecule has 104 valence electrons. The second-order valence-electron chi connectivity index (χ2n) is 5.23. The molecule has 2 unspecified atom stereocenters. The molecule has 2 saturated heterocycles. The molecule has 1 aromatic rings. The molecule has 6 heteroatoms. The Morgan fingerprint density at radius 2 is 2.26 bits per heavy atom. The lowest BCUT2D eigenvalue weighted by molar-refractivity contribution is -0.123. The highest BCUT2D eigenvalue weighted by Crippen LogP contribution is 2.31. The number of halogens is 2. The third kappa shape index (κ3) is 2.63. The number of alkyl halides is 2. The summed E-state index contributed by atoms with van der Waals surface area (Å²) in [5.74, 6) is -1.55. The van der Waals surface area contributed by atoms with Crippen LogP contribution < -0.4 is 9.64 Å². The van der Waals surface area contributed by atoms with Crippen molar-refractivity contribution in [3.05, 3.63) is 18.3 Å². The molecule has 1 aromatic heterocycles. The van der Waals surface area contributed by atoms with Crippen molar-refractivity contribution in [3.63, 3.8) is 0 Å². The number of anilines is 1. The Morgan fingerprint density at radius 1 is 1.47 bits per heavy atom. The second kappa shape index (κ2) is 4.59. The monoisotopic (exact) mass is 270 g/mol. The van der Waals surface area contributed by atoms with Gasteiger partial charge in [0.2, 0.25) is 5.88 Å². The Bertz CT molecular complexity index is 444. The number of hydrogen-bond donors (Lipinski definition) is 0. The summed E-state index contributed by atoms with van der Waals surface area (Å²) >= 11 is 0. The Morgan fingerprint density at radius 3 is 2.74 bits per heavy atom. The van der Waals surface area contributed by atoms with Crippen molar-refractivity contribution >= 4 is 5.69 Å². The quantitative estimate of drug-likeness (QED) is 0.837. The molecule has 0 amide bonds. The summed E-state index contributed by atoms with van der Waals surface area (Å²) < 4.78 is 36.3. The maximum atomic E-state index is 12.7. The fourth-order valence-corrected chi connectivity index (χ4v) is 2.14. The number of rotatable bonds is 4. The molecular weight excluding hydrogens is 254 g/mol. The maximum absolute atomic E-state index is 12.7. The lowest BCUT2D eigenvalue weighted by Gasteiger charge is -2.40. The van der Waals surface area contributed by atoms with Crippen molar-refractivity contribution < 1.29 is 18.3 Å². The minimum absolute atomic E-state index is 0.135. The Kier molecular flexibility index (Phi) is 3.05. The first-order valence-electron chi connectivity index (χ1n) is 6.37. The first-order chi connectivity index (χ1) is 9.03. The van der Waals surface area contributed by atoms with Crippen LogP contribution >= 0.6 is 0 Å². The van der Waals surface area contributed by atoms with E-state index in [-0.39, 0.29) is 19.2 Å². The topological polar surface area (TPSA) is 34.6 Å². The summed E-state index contributed by atoms with van der Waals surface area (Å²) in [5, 5.41) is 0. The zero-order valence-electron chi connectivity index (χ0n) is 10.7. The van der Waals surface area contributed by atoms with Crippen molar-refractivity contribution in [2.75, 3.05) is 31.2 Å². The van der Waals surface area contributed by atoms with Crippen LogP contribution in [-0.4, -0.2) is 43.3 Å². The largest absolute Gasteiger partial charge is 0.475 e. The maximum Gasteiger partial charge on any atom is 0.282 e. The van der Waals surface area contributed by atoms with Crippen molar-refractivity contribution in [1.82, 2.24) is 4.98 Å². The first kappa shape index (κ1) is 12.6. The van der Waals surface area contributed by atoms with Gasteiger partial charge in [-0.25, -0.2) is 13.8 Å². The van der Waals surface area contributed by atoms with E-state index >= 15 is 0 Å². The Labute approximate surface area is 110 Å². The lowest BCUT2D eigenvalue weighted by Crippen LogP contribution is -2.56. The van der Waals surface area contributed by atoms with Crippen LogP contribution in [0.15, 0.2) is 18.3 Å². The number of aromatic nitrogens is 1. The van der Waals surface area contributed by atoms with E-state index in [1.807, 2.05) is 0 Å². The predicted molar refractivity (Wildman–Crippen MR) is 65.8 cm³/mol. The van der Waals surface area contributed by atoms with Gasteiger partial charge >= 0.3 is 0 Å². The number of ether oxygens (including phenoxy) is 2. The number of pyridine rings is 1. The molecule has 2 aliphatic heterocycles. The standard InChI is InChI=1S/C13H16F2N2O2/c1-9-5-18-11(9)6-19-12-3-2-10(4-16-12)17-7-13(14,15)8-17/h2-4,9,11H,5-8H2,1H3. The Balaban J connectivity index is 1.51. The molecule has 2 fully saturated rings. The molecular formula is C13H16F2N2O2. The summed E-state index contributed by atoms with van der Waals surface area (Å²) in [6.45, 7) is 2.90. The molecule has 3 rings (SSSR count). The fraction of sp³-hybridized carbons (Fsp3) is 0.615. The second-order valence-corrected chi connectivity index (χ2v) is 5.23. The first-order valence-corrected chi connectivity index (χ1v) is 6.37. The third-order valence-electron chi connectivity index (χ3n) is 3.53. The van der Waals surface area contributed by atoms with Crippen LogP contribution in [0.1, 0.15) is 6.92 Å². The van der Waals surface area contributed by atoms with Gasteiger partial charge in [0.15, 0.2) is 0 Å². The molecule has 3 heterocycles. The van der Waals surface area contributed by atoms with Gasteiger partial charge in [-0.3, -0.25) is 0 Å². The van der Waals surface area contributed by atoms with Gasteiger partial charge in [0, 0.05) is 12.0 Å². The minimum atomic E-state index is -2.56. The third-order valence-corrected chi connectivity index (χ3v) is 3.53. The normalized spacial score (nSPS) is 28.5. The summed E-state index contributed by atoms with van der Waals surface area (Å²) in [5.41, 5.74) is 0.700. The molecule has 0 N–H and O–H groups in total. The van der Waals surface area contributed by atoms with Gasteiger partial charge in [-0.15, -0.1) is 0 Å². The summed E-state index contributed by atoms with van der Waals surface area (Å²) in [6.07, 6.45) is 1.70. The summed E-state index contributed by atoms with van der Waals surface area (Å²) in [4.78, 5) is 5.71. The minimum Gasteiger partial charge on any atom is -0.475 e. The van der Waals surface area contributed by atoms with E-state index in [1.54, 1.807) is 23.2 Å². The zero-order valence-corrected chi connectivity index (χ0v) is 10.7. The average molecular weight is 270 g/mol.